The molecule has 4 rings (SSSR count). The fourth-order valence-corrected chi connectivity index (χ4v) is 4.63. The molecule has 0 bridgehead atoms. The maximum Gasteiger partial charge on any atom is 0.258 e. The van der Waals surface area contributed by atoms with Gasteiger partial charge in [0, 0.05) is 26.2 Å². The lowest BCUT2D eigenvalue weighted by atomic mass is 10.1. The van der Waals surface area contributed by atoms with E-state index >= 15 is 0 Å². The standard InChI is InChI=1S/C20H19ClFN3OS/c1-12-6-7-16-18(13(12)2)23-20(27-16)25-10-8-24(9-11-25)19(26)17-14(21)4-3-5-15(17)22/h3-7H,8-11H2,1-2H3. The molecule has 0 unspecified atom stereocenters. The molecule has 0 spiro atoms. The molecule has 2 heterocycles. The second kappa shape index (κ2) is 7.09. The fraction of sp³-hybridized carbons (Fsp3) is 0.300. The van der Waals surface area contributed by atoms with Crippen molar-refractivity contribution in [3.8, 4) is 0 Å². The summed E-state index contributed by atoms with van der Waals surface area (Å²) < 4.78 is 15.2. The quantitative estimate of drug-likeness (QED) is 0.624. The molecule has 0 atom stereocenters. The van der Waals surface area contributed by atoms with Crippen molar-refractivity contribution in [2.75, 3.05) is 31.1 Å². The predicted molar refractivity (Wildman–Crippen MR) is 109 cm³/mol. The molecule has 1 fully saturated rings. The van der Waals surface area contributed by atoms with Crippen molar-refractivity contribution >= 4 is 44.2 Å². The van der Waals surface area contributed by atoms with Gasteiger partial charge in [0.05, 0.1) is 20.8 Å². The molecule has 2 aromatic carbocycles. The summed E-state index contributed by atoms with van der Waals surface area (Å²) in [4.78, 5) is 21.3. The zero-order chi connectivity index (χ0) is 19.1. The van der Waals surface area contributed by atoms with Gasteiger partial charge in [0.15, 0.2) is 5.13 Å². The summed E-state index contributed by atoms with van der Waals surface area (Å²) >= 11 is 7.70. The lowest BCUT2D eigenvalue weighted by molar-refractivity contribution is 0.0742. The summed E-state index contributed by atoms with van der Waals surface area (Å²) in [7, 11) is 0. The number of amides is 1. The number of thiazole rings is 1. The first-order chi connectivity index (χ1) is 13.0. The topological polar surface area (TPSA) is 36.4 Å². The largest absolute Gasteiger partial charge is 0.345 e. The number of fused-ring (bicyclic) bond motifs is 1. The van der Waals surface area contributed by atoms with E-state index < -0.39 is 5.82 Å². The van der Waals surface area contributed by atoms with Gasteiger partial charge in [-0.1, -0.05) is 35.1 Å². The van der Waals surface area contributed by atoms with E-state index in [-0.39, 0.29) is 16.5 Å². The number of nitrogens with zero attached hydrogens (tertiary/aromatic N) is 3. The van der Waals surface area contributed by atoms with Crippen LogP contribution in [-0.4, -0.2) is 42.0 Å². The number of benzene rings is 2. The minimum Gasteiger partial charge on any atom is -0.345 e. The Kier molecular flexibility index (Phi) is 4.78. The summed E-state index contributed by atoms with van der Waals surface area (Å²) in [5.41, 5.74) is 3.44. The molecule has 140 valence electrons. The monoisotopic (exact) mass is 403 g/mol. The first-order valence-electron chi connectivity index (χ1n) is 8.80. The van der Waals surface area contributed by atoms with Gasteiger partial charge in [0.2, 0.25) is 0 Å². The first kappa shape index (κ1) is 18.2. The van der Waals surface area contributed by atoms with Crippen LogP contribution in [0.1, 0.15) is 21.5 Å². The molecule has 27 heavy (non-hydrogen) atoms. The van der Waals surface area contributed by atoms with Crippen LogP contribution in [0.15, 0.2) is 30.3 Å². The molecule has 1 aliphatic rings. The van der Waals surface area contributed by atoms with E-state index in [1.165, 1.54) is 28.0 Å². The zero-order valence-electron chi connectivity index (χ0n) is 15.1. The zero-order valence-corrected chi connectivity index (χ0v) is 16.7. The third kappa shape index (κ3) is 3.28. The van der Waals surface area contributed by atoms with Gasteiger partial charge < -0.3 is 9.80 Å². The van der Waals surface area contributed by atoms with Crippen LogP contribution in [-0.2, 0) is 0 Å². The highest BCUT2D eigenvalue weighted by molar-refractivity contribution is 7.22. The molecular weight excluding hydrogens is 385 g/mol. The van der Waals surface area contributed by atoms with E-state index in [1.54, 1.807) is 22.3 Å². The molecule has 3 aromatic rings. The predicted octanol–water partition coefficient (Wildman–Crippen LogP) is 4.67. The van der Waals surface area contributed by atoms with E-state index in [4.69, 9.17) is 16.6 Å². The van der Waals surface area contributed by atoms with Crippen LogP contribution in [0.25, 0.3) is 10.2 Å². The molecule has 4 nitrogen and oxygen atoms in total. The number of anilines is 1. The summed E-state index contributed by atoms with van der Waals surface area (Å²) in [5, 5.41) is 1.12. The summed E-state index contributed by atoms with van der Waals surface area (Å²) in [6.45, 7) is 6.53. The molecule has 0 N–H and O–H groups in total. The van der Waals surface area contributed by atoms with E-state index in [2.05, 4.69) is 30.9 Å². The minimum absolute atomic E-state index is 0.0429. The number of halogens is 2. The van der Waals surface area contributed by atoms with Crippen LogP contribution in [0, 0.1) is 19.7 Å². The van der Waals surface area contributed by atoms with E-state index in [0.29, 0.717) is 26.2 Å². The normalized spacial score (nSPS) is 14.8. The molecular formula is C20H19ClFN3OS. The molecule has 1 aliphatic heterocycles. The number of carbonyl (C=O) groups is 1. The van der Waals surface area contributed by atoms with Crippen molar-refractivity contribution in [2.45, 2.75) is 13.8 Å². The molecule has 0 radical (unpaired) electrons. The number of carbonyl (C=O) groups excluding carboxylic acids is 1. The summed E-state index contributed by atoms with van der Waals surface area (Å²) in [6.07, 6.45) is 0. The Morgan fingerprint density at radius 2 is 1.89 bits per heavy atom. The highest BCUT2D eigenvalue weighted by Gasteiger charge is 2.27. The van der Waals surface area contributed by atoms with Gasteiger partial charge in [-0.25, -0.2) is 9.37 Å². The third-order valence-corrected chi connectivity index (χ3v) is 6.48. The second-order valence-electron chi connectivity index (χ2n) is 6.73. The van der Waals surface area contributed by atoms with Crippen molar-refractivity contribution < 1.29 is 9.18 Å². The number of hydrogen-bond donors (Lipinski definition) is 0. The van der Waals surface area contributed by atoms with Crippen molar-refractivity contribution in [2.24, 2.45) is 0 Å². The maximum absolute atomic E-state index is 14.0. The van der Waals surface area contributed by atoms with Crippen LogP contribution in [0.4, 0.5) is 9.52 Å². The lowest BCUT2D eigenvalue weighted by Crippen LogP contribution is -2.49. The molecule has 1 saturated heterocycles. The average molecular weight is 404 g/mol. The van der Waals surface area contributed by atoms with Crippen LogP contribution in [0.2, 0.25) is 5.02 Å². The van der Waals surface area contributed by atoms with Gasteiger partial charge in [0.1, 0.15) is 5.82 Å². The van der Waals surface area contributed by atoms with Gasteiger partial charge in [-0.05, 0) is 43.2 Å². The van der Waals surface area contributed by atoms with Crippen molar-refractivity contribution in [3.05, 3.63) is 57.9 Å². The van der Waals surface area contributed by atoms with E-state index in [9.17, 15) is 9.18 Å². The van der Waals surface area contributed by atoms with Gasteiger partial charge in [0.25, 0.3) is 5.91 Å². The van der Waals surface area contributed by atoms with Gasteiger partial charge in [-0.15, -0.1) is 0 Å². The number of rotatable bonds is 2. The Bertz CT molecular complexity index is 1010. The smallest absolute Gasteiger partial charge is 0.258 e. The summed E-state index contributed by atoms with van der Waals surface area (Å²) in [6, 6.07) is 8.54. The Morgan fingerprint density at radius 1 is 1.15 bits per heavy atom. The average Bonchev–Trinajstić information content (AvgIpc) is 3.10. The Morgan fingerprint density at radius 3 is 2.59 bits per heavy atom. The number of hydrogen-bond acceptors (Lipinski definition) is 4. The summed E-state index contributed by atoms with van der Waals surface area (Å²) in [5.74, 6) is -0.930. The molecule has 0 saturated carbocycles. The Balaban J connectivity index is 1.51. The SMILES string of the molecule is Cc1ccc2sc(N3CCN(C(=O)c4c(F)cccc4Cl)CC3)nc2c1C. The maximum atomic E-state index is 14.0. The van der Waals surface area contributed by atoms with Gasteiger partial charge in [-0.3, -0.25) is 4.79 Å². The van der Waals surface area contributed by atoms with Crippen LogP contribution in [0.5, 0.6) is 0 Å². The van der Waals surface area contributed by atoms with Crippen molar-refractivity contribution in [1.29, 1.82) is 0 Å². The molecule has 7 heteroatoms. The van der Waals surface area contributed by atoms with Crippen molar-refractivity contribution in [3.63, 3.8) is 0 Å². The Labute approximate surface area is 166 Å². The molecule has 1 aromatic heterocycles. The van der Waals surface area contributed by atoms with Crippen LogP contribution in [0.3, 0.4) is 0 Å². The minimum atomic E-state index is -0.577. The fourth-order valence-electron chi connectivity index (χ4n) is 3.31. The second-order valence-corrected chi connectivity index (χ2v) is 8.14. The van der Waals surface area contributed by atoms with Crippen LogP contribution >= 0.6 is 22.9 Å². The highest BCUT2D eigenvalue weighted by Crippen LogP contribution is 2.32. The number of aromatic nitrogens is 1. The van der Waals surface area contributed by atoms with Crippen LogP contribution < -0.4 is 4.90 Å². The highest BCUT2D eigenvalue weighted by atomic mass is 35.5. The van der Waals surface area contributed by atoms with Gasteiger partial charge in [-0.2, -0.15) is 0 Å². The number of aryl methyl sites for hydroxylation is 2. The molecule has 0 aliphatic carbocycles. The van der Waals surface area contributed by atoms with Gasteiger partial charge >= 0.3 is 0 Å². The lowest BCUT2D eigenvalue weighted by Gasteiger charge is -2.34. The van der Waals surface area contributed by atoms with Crippen molar-refractivity contribution in [1.82, 2.24) is 9.88 Å². The third-order valence-electron chi connectivity index (χ3n) is 5.09. The molecule has 1 amide bonds. The van der Waals surface area contributed by atoms with E-state index in [1.807, 2.05) is 0 Å². The Hall–Kier alpha value is -2.18. The van der Waals surface area contributed by atoms with E-state index in [0.717, 1.165) is 10.6 Å². The number of piperazine rings is 1. The first-order valence-corrected chi connectivity index (χ1v) is 10.00.